The Morgan fingerprint density at radius 1 is 1.36 bits per heavy atom. The van der Waals surface area contributed by atoms with Crippen LogP contribution in [0.5, 0.6) is 0 Å². The highest BCUT2D eigenvalue weighted by Crippen LogP contribution is 2.32. The van der Waals surface area contributed by atoms with Crippen LogP contribution in [0, 0.1) is 0 Å². The first-order valence-electron chi connectivity index (χ1n) is 9.08. The lowest BCUT2D eigenvalue weighted by Crippen LogP contribution is -2.46. The second-order valence-corrected chi connectivity index (χ2v) is 6.86. The number of hydrogen-bond acceptors (Lipinski definition) is 5. The van der Waals surface area contributed by atoms with Crippen LogP contribution in [-0.2, 0) is 19.0 Å². The van der Waals surface area contributed by atoms with E-state index in [9.17, 15) is 4.79 Å². The third-order valence-electron chi connectivity index (χ3n) is 4.53. The van der Waals surface area contributed by atoms with E-state index < -0.39 is 5.79 Å². The zero-order chi connectivity index (χ0) is 18.3. The van der Waals surface area contributed by atoms with Crippen LogP contribution in [0.4, 0.5) is 0 Å². The Labute approximate surface area is 150 Å². The van der Waals surface area contributed by atoms with Gasteiger partial charge < -0.3 is 29.7 Å². The number of nitrogens with one attached hydrogen (secondary N) is 2. The molecule has 2 N–H and O–H groups in total. The molecule has 25 heavy (non-hydrogen) atoms. The number of aliphatic imine (C=N–C) groups is 1. The van der Waals surface area contributed by atoms with Crippen molar-refractivity contribution >= 4 is 11.9 Å². The number of guanidine groups is 1. The summed E-state index contributed by atoms with van der Waals surface area (Å²) in [5.74, 6) is 0.111. The van der Waals surface area contributed by atoms with Gasteiger partial charge in [0.2, 0.25) is 5.91 Å². The van der Waals surface area contributed by atoms with Gasteiger partial charge >= 0.3 is 0 Å². The summed E-state index contributed by atoms with van der Waals surface area (Å²) in [6, 6.07) is 0.267. The molecular formula is C17H32N4O4. The lowest BCUT2D eigenvalue weighted by molar-refractivity contribution is -0.210. The molecule has 8 heteroatoms. The van der Waals surface area contributed by atoms with Gasteiger partial charge in [-0.1, -0.05) is 6.92 Å². The molecular weight excluding hydrogens is 324 g/mol. The third kappa shape index (κ3) is 6.13. The Balaban J connectivity index is 1.86. The molecule has 0 aliphatic carbocycles. The van der Waals surface area contributed by atoms with Gasteiger partial charge in [0.15, 0.2) is 11.7 Å². The van der Waals surface area contributed by atoms with E-state index >= 15 is 0 Å². The van der Waals surface area contributed by atoms with Gasteiger partial charge in [0.1, 0.15) is 12.6 Å². The van der Waals surface area contributed by atoms with Crippen LogP contribution in [0.3, 0.4) is 0 Å². The lowest BCUT2D eigenvalue weighted by atomic mass is 10.1. The van der Waals surface area contributed by atoms with Gasteiger partial charge in [0, 0.05) is 39.5 Å². The van der Waals surface area contributed by atoms with Crippen LogP contribution in [0.2, 0.25) is 0 Å². The molecule has 2 atom stereocenters. The molecule has 8 nitrogen and oxygen atoms in total. The predicted molar refractivity (Wildman–Crippen MR) is 95.5 cm³/mol. The number of likely N-dealkylation sites (N-methyl/N-ethyl adjacent to an activating group) is 1. The Morgan fingerprint density at radius 2 is 2.08 bits per heavy atom. The first-order chi connectivity index (χ1) is 11.9. The fraction of sp³-hybridized carbons (Fsp3) is 0.882. The standard InChI is InChI=1S/C17H32N4O4/c1-5-13(2)20-16(19-11-15(22)21(3)4)18-10-14-12-24-17(25-14)6-8-23-9-7-17/h13-14H,5-12H2,1-4H3,(H2,18,19,20). The van der Waals surface area contributed by atoms with E-state index in [0.29, 0.717) is 32.3 Å². The quantitative estimate of drug-likeness (QED) is 0.527. The number of hydrogen-bond donors (Lipinski definition) is 2. The van der Waals surface area contributed by atoms with Crippen molar-refractivity contribution in [3.63, 3.8) is 0 Å². The molecule has 2 unspecified atom stereocenters. The molecule has 2 saturated heterocycles. The van der Waals surface area contributed by atoms with Gasteiger partial charge in [0.05, 0.1) is 19.8 Å². The molecule has 1 amide bonds. The van der Waals surface area contributed by atoms with Crippen molar-refractivity contribution in [3.05, 3.63) is 0 Å². The van der Waals surface area contributed by atoms with E-state index in [4.69, 9.17) is 14.2 Å². The summed E-state index contributed by atoms with van der Waals surface area (Å²) in [6.07, 6.45) is 2.47. The molecule has 0 radical (unpaired) electrons. The zero-order valence-electron chi connectivity index (χ0n) is 15.8. The van der Waals surface area contributed by atoms with Crippen LogP contribution in [0.15, 0.2) is 4.99 Å². The molecule has 1 spiro atoms. The van der Waals surface area contributed by atoms with Crippen LogP contribution >= 0.6 is 0 Å². The van der Waals surface area contributed by atoms with E-state index in [0.717, 1.165) is 19.3 Å². The highest BCUT2D eigenvalue weighted by Gasteiger charge is 2.42. The number of ether oxygens (including phenoxy) is 3. The minimum absolute atomic E-state index is 0.0353. The molecule has 0 bridgehead atoms. The Bertz CT molecular complexity index is 464. The fourth-order valence-electron chi connectivity index (χ4n) is 2.65. The third-order valence-corrected chi connectivity index (χ3v) is 4.53. The zero-order valence-corrected chi connectivity index (χ0v) is 15.8. The maximum atomic E-state index is 11.8. The first-order valence-corrected chi connectivity index (χ1v) is 9.08. The SMILES string of the molecule is CCC(C)NC(=NCC(=O)N(C)C)NCC1COC2(CCOCC2)O1. The van der Waals surface area contributed by atoms with Crippen LogP contribution in [-0.4, -0.2) is 81.7 Å². The Kier molecular flexibility index (Phi) is 7.46. The van der Waals surface area contributed by atoms with Crippen molar-refractivity contribution in [2.24, 2.45) is 4.99 Å². The molecule has 0 aromatic carbocycles. The van der Waals surface area contributed by atoms with Crippen molar-refractivity contribution in [1.82, 2.24) is 15.5 Å². The monoisotopic (exact) mass is 356 g/mol. The normalized spacial score (nSPS) is 24.2. The Morgan fingerprint density at radius 3 is 2.72 bits per heavy atom. The van der Waals surface area contributed by atoms with Gasteiger partial charge in [0.25, 0.3) is 0 Å². The summed E-state index contributed by atoms with van der Waals surface area (Å²) in [5.41, 5.74) is 0. The number of nitrogens with zero attached hydrogens (tertiary/aromatic N) is 2. The van der Waals surface area contributed by atoms with E-state index in [1.165, 1.54) is 4.90 Å². The molecule has 2 fully saturated rings. The second-order valence-electron chi connectivity index (χ2n) is 6.86. The molecule has 0 aromatic heterocycles. The van der Waals surface area contributed by atoms with Crippen LogP contribution < -0.4 is 10.6 Å². The second kappa shape index (κ2) is 9.35. The van der Waals surface area contributed by atoms with Gasteiger partial charge in [-0.2, -0.15) is 0 Å². The topological polar surface area (TPSA) is 84.4 Å². The van der Waals surface area contributed by atoms with Crippen molar-refractivity contribution in [2.75, 3.05) is 47.0 Å². The smallest absolute Gasteiger partial charge is 0.243 e. The summed E-state index contributed by atoms with van der Waals surface area (Å²) < 4.78 is 17.4. The van der Waals surface area contributed by atoms with E-state index in [2.05, 4.69) is 29.5 Å². The van der Waals surface area contributed by atoms with Crippen molar-refractivity contribution in [1.29, 1.82) is 0 Å². The summed E-state index contributed by atoms with van der Waals surface area (Å²) in [7, 11) is 3.45. The average molecular weight is 356 g/mol. The first kappa shape index (κ1) is 19.9. The summed E-state index contributed by atoms with van der Waals surface area (Å²) in [4.78, 5) is 17.7. The lowest BCUT2D eigenvalue weighted by Gasteiger charge is -2.31. The maximum Gasteiger partial charge on any atom is 0.243 e. The summed E-state index contributed by atoms with van der Waals surface area (Å²) in [6.45, 7) is 6.79. The van der Waals surface area contributed by atoms with E-state index in [1.807, 2.05) is 0 Å². The molecule has 2 aliphatic rings. The highest BCUT2D eigenvalue weighted by molar-refractivity contribution is 5.84. The number of amides is 1. The van der Waals surface area contributed by atoms with E-state index in [-0.39, 0.29) is 24.6 Å². The Hall–Kier alpha value is -1.38. The largest absolute Gasteiger partial charge is 0.381 e. The van der Waals surface area contributed by atoms with Gasteiger partial charge in [-0.25, -0.2) is 4.99 Å². The fourth-order valence-corrected chi connectivity index (χ4v) is 2.65. The molecule has 144 valence electrons. The minimum atomic E-state index is -0.479. The van der Waals surface area contributed by atoms with Gasteiger partial charge in [-0.15, -0.1) is 0 Å². The molecule has 0 saturated carbocycles. The minimum Gasteiger partial charge on any atom is -0.381 e. The molecule has 0 aromatic rings. The van der Waals surface area contributed by atoms with Gasteiger partial charge in [-0.05, 0) is 13.3 Å². The van der Waals surface area contributed by atoms with Crippen LogP contribution in [0.1, 0.15) is 33.1 Å². The molecule has 2 heterocycles. The summed E-state index contributed by atoms with van der Waals surface area (Å²) in [5, 5.41) is 6.58. The summed E-state index contributed by atoms with van der Waals surface area (Å²) >= 11 is 0. The number of carbonyl (C=O) groups is 1. The van der Waals surface area contributed by atoms with Crippen LogP contribution in [0.25, 0.3) is 0 Å². The maximum absolute atomic E-state index is 11.8. The molecule has 2 aliphatic heterocycles. The van der Waals surface area contributed by atoms with Gasteiger partial charge in [-0.3, -0.25) is 4.79 Å². The van der Waals surface area contributed by atoms with Crippen molar-refractivity contribution in [2.45, 2.75) is 51.0 Å². The van der Waals surface area contributed by atoms with Crippen molar-refractivity contribution < 1.29 is 19.0 Å². The predicted octanol–water partition coefficient (Wildman–Crippen LogP) is 0.330. The van der Waals surface area contributed by atoms with Crippen molar-refractivity contribution in [3.8, 4) is 0 Å². The van der Waals surface area contributed by atoms with E-state index in [1.54, 1.807) is 14.1 Å². The average Bonchev–Trinajstić information content (AvgIpc) is 2.99. The highest BCUT2D eigenvalue weighted by atomic mass is 16.7. The number of carbonyl (C=O) groups excluding carboxylic acids is 1. The molecule has 2 rings (SSSR count). The number of rotatable bonds is 6.